The van der Waals surface area contributed by atoms with E-state index >= 15 is 0 Å². The van der Waals surface area contributed by atoms with Crippen LogP contribution in [0, 0.1) is 0 Å². The van der Waals surface area contributed by atoms with Gasteiger partial charge in [0, 0.05) is 12.4 Å². The van der Waals surface area contributed by atoms with E-state index in [0.29, 0.717) is 22.1 Å². The second-order valence-corrected chi connectivity index (χ2v) is 11.2. The first kappa shape index (κ1) is 28.6. The lowest BCUT2D eigenvalue weighted by Crippen LogP contribution is -2.14. The summed E-state index contributed by atoms with van der Waals surface area (Å²) in [6.07, 6.45) is 9.55. The molecular weight excluding hydrogens is 530 g/mol. The van der Waals surface area contributed by atoms with E-state index in [-0.39, 0.29) is 17.5 Å². The molecule has 0 amide bonds. The van der Waals surface area contributed by atoms with Gasteiger partial charge in [-0.2, -0.15) is 8.42 Å². The van der Waals surface area contributed by atoms with Crippen LogP contribution in [0.25, 0.3) is 0 Å². The van der Waals surface area contributed by atoms with E-state index in [1.54, 1.807) is 12.3 Å². The molecule has 0 saturated heterocycles. The van der Waals surface area contributed by atoms with Crippen LogP contribution in [0.5, 0.6) is 0 Å². The summed E-state index contributed by atoms with van der Waals surface area (Å²) in [5.41, 5.74) is 2.29. The molecule has 1 N–H and O–H groups in total. The zero-order valence-corrected chi connectivity index (χ0v) is 22.0. The molecule has 6 nitrogen and oxygen atoms in total. The van der Waals surface area contributed by atoms with Crippen molar-refractivity contribution in [2.24, 2.45) is 0 Å². The van der Waals surface area contributed by atoms with Crippen LogP contribution < -0.4 is 0 Å². The van der Waals surface area contributed by atoms with Gasteiger partial charge in [-0.15, -0.1) is 23.2 Å². The molecule has 0 bridgehead atoms. The number of aromatic nitrogens is 2. The first-order chi connectivity index (χ1) is 15.6. The van der Waals surface area contributed by atoms with Crippen molar-refractivity contribution in [3.05, 3.63) is 58.1 Å². The predicted octanol–water partition coefficient (Wildman–Crippen LogP) is 6.13. The molecule has 0 aliphatic heterocycles. The average molecular weight is 558 g/mol. The second-order valence-electron chi connectivity index (χ2n) is 8.03. The van der Waals surface area contributed by atoms with E-state index in [0.717, 1.165) is 50.3 Å². The normalized spacial score (nSPS) is 24.4. The summed E-state index contributed by atoms with van der Waals surface area (Å²) in [5, 5.41) is 10.6. The number of aliphatic hydroxyl groups excluding tert-OH is 1. The Bertz CT molecular complexity index is 946. The Kier molecular flexibility index (Phi) is 12.1. The molecule has 2 aromatic rings. The zero-order chi connectivity index (χ0) is 24.4. The van der Waals surface area contributed by atoms with Crippen molar-refractivity contribution in [2.45, 2.75) is 62.6 Å². The molecule has 2 aliphatic rings. The van der Waals surface area contributed by atoms with Gasteiger partial charge in [-0.3, -0.25) is 4.18 Å². The fraction of sp³-hybridized carbons (Fsp3) is 0.545. The lowest BCUT2D eigenvalue weighted by molar-refractivity contribution is 0.181. The van der Waals surface area contributed by atoms with Crippen molar-refractivity contribution in [3.63, 3.8) is 0 Å². The maximum Gasteiger partial charge on any atom is 0.264 e. The Morgan fingerprint density at radius 2 is 1.39 bits per heavy atom. The van der Waals surface area contributed by atoms with Crippen molar-refractivity contribution in [1.29, 1.82) is 0 Å². The number of halogens is 4. The second kappa shape index (κ2) is 14.0. The standard InChI is InChI=1S/C11H14ClNO3S.C10H12ClNO.CH2Cl2/c1-17(14,15)16-10-4-2-8(6-10)9-3-5-11(12)13-7-9;11-10-4-2-8(6-12-10)7-1-3-9(13)5-7;2-1-3/h3,5,7-8,10H,2,4,6H2,1H3;2,4,6-7,9,13H,1,3,5H2;1H2. The average Bonchev–Trinajstić information content (AvgIpc) is 3.38. The minimum atomic E-state index is -3.36. The molecule has 2 heterocycles. The van der Waals surface area contributed by atoms with Gasteiger partial charge in [0.05, 0.1) is 23.8 Å². The fourth-order valence-electron chi connectivity index (χ4n) is 4.10. The Labute approximate surface area is 215 Å². The van der Waals surface area contributed by atoms with Gasteiger partial charge < -0.3 is 5.11 Å². The molecule has 11 heteroatoms. The van der Waals surface area contributed by atoms with Crippen LogP contribution >= 0.6 is 46.4 Å². The molecule has 2 aliphatic carbocycles. The summed E-state index contributed by atoms with van der Waals surface area (Å²) in [5.74, 6) is 0.784. The summed E-state index contributed by atoms with van der Waals surface area (Å²) in [7, 11) is -3.36. The van der Waals surface area contributed by atoms with Gasteiger partial charge in [0.2, 0.25) is 0 Å². The number of rotatable bonds is 4. The van der Waals surface area contributed by atoms with Crippen LogP contribution in [-0.2, 0) is 14.3 Å². The Hall–Kier alpha value is -0.670. The van der Waals surface area contributed by atoms with Crippen LogP contribution in [0.15, 0.2) is 36.7 Å². The Morgan fingerprint density at radius 3 is 1.79 bits per heavy atom. The van der Waals surface area contributed by atoms with Crippen LogP contribution in [-0.4, -0.2) is 47.3 Å². The lowest BCUT2D eigenvalue weighted by Gasteiger charge is -2.11. The van der Waals surface area contributed by atoms with Gasteiger partial charge in [0.1, 0.15) is 10.3 Å². The van der Waals surface area contributed by atoms with Gasteiger partial charge in [-0.1, -0.05) is 35.3 Å². The van der Waals surface area contributed by atoms with Crippen molar-refractivity contribution in [1.82, 2.24) is 9.97 Å². The third-order valence-electron chi connectivity index (χ3n) is 5.54. The molecule has 4 rings (SSSR count). The largest absolute Gasteiger partial charge is 0.393 e. The summed E-state index contributed by atoms with van der Waals surface area (Å²) < 4.78 is 27.0. The van der Waals surface area contributed by atoms with Crippen molar-refractivity contribution >= 4 is 56.5 Å². The number of nitrogens with zero attached hydrogens (tertiary/aromatic N) is 2. The highest BCUT2D eigenvalue weighted by molar-refractivity contribution is 7.86. The smallest absolute Gasteiger partial charge is 0.264 e. The van der Waals surface area contributed by atoms with Crippen molar-refractivity contribution in [2.75, 3.05) is 11.6 Å². The number of hydrogen-bond acceptors (Lipinski definition) is 6. The summed E-state index contributed by atoms with van der Waals surface area (Å²) in [6, 6.07) is 7.49. The molecule has 33 heavy (non-hydrogen) atoms. The highest BCUT2D eigenvalue weighted by atomic mass is 35.5. The number of pyridine rings is 2. The Morgan fingerprint density at radius 1 is 0.909 bits per heavy atom. The molecule has 0 aromatic carbocycles. The molecule has 4 unspecified atom stereocenters. The predicted molar refractivity (Wildman–Crippen MR) is 134 cm³/mol. The highest BCUT2D eigenvalue weighted by Crippen LogP contribution is 2.36. The molecule has 0 radical (unpaired) electrons. The summed E-state index contributed by atoms with van der Waals surface area (Å²) in [6.45, 7) is 0. The molecule has 4 atom stereocenters. The van der Waals surface area contributed by atoms with Gasteiger partial charge in [0.25, 0.3) is 10.1 Å². The minimum absolute atomic E-state index is 0.124. The quantitative estimate of drug-likeness (QED) is 0.276. The van der Waals surface area contributed by atoms with Gasteiger partial charge in [-0.25, -0.2) is 9.97 Å². The van der Waals surface area contributed by atoms with E-state index < -0.39 is 10.1 Å². The van der Waals surface area contributed by atoms with E-state index in [1.807, 2.05) is 24.4 Å². The Balaban J connectivity index is 0.000000214. The third-order valence-corrected chi connectivity index (χ3v) is 6.61. The van der Waals surface area contributed by atoms with E-state index in [1.165, 1.54) is 5.56 Å². The fourth-order valence-corrected chi connectivity index (χ4v) is 4.99. The topological polar surface area (TPSA) is 89.4 Å². The number of alkyl halides is 2. The van der Waals surface area contributed by atoms with E-state index in [4.69, 9.17) is 50.6 Å². The van der Waals surface area contributed by atoms with E-state index in [9.17, 15) is 13.5 Å². The van der Waals surface area contributed by atoms with Crippen LogP contribution in [0.2, 0.25) is 10.3 Å². The van der Waals surface area contributed by atoms with Gasteiger partial charge >= 0.3 is 0 Å². The van der Waals surface area contributed by atoms with E-state index in [2.05, 4.69) is 9.97 Å². The van der Waals surface area contributed by atoms with Crippen molar-refractivity contribution < 1.29 is 17.7 Å². The maximum absolute atomic E-state index is 11.0. The van der Waals surface area contributed by atoms with Crippen molar-refractivity contribution in [3.8, 4) is 0 Å². The maximum atomic E-state index is 11.0. The minimum Gasteiger partial charge on any atom is -0.393 e. The number of hydrogen-bond donors (Lipinski definition) is 1. The van der Waals surface area contributed by atoms with Gasteiger partial charge in [0.15, 0.2) is 0 Å². The molecule has 2 fully saturated rings. The summed E-state index contributed by atoms with van der Waals surface area (Å²) >= 11 is 20.9. The number of aliphatic hydroxyl groups is 1. The van der Waals surface area contributed by atoms with Crippen LogP contribution in [0.1, 0.15) is 61.5 Å². The SMILES string of the molecule is CS(=O)(=O)OC1CCC(c2ccc(Cl)nc2)C1.ClCCl.OC1CCC(c2ccc(Cl)nc2)C1. The zero-order valence-electron chi connectivity index (χ0n) is 18.2. The van der Waals surface area contributed by atoms with Crippen LogP contribution in [0.4, 0.5) is 0 Å². The highest BCUT2D eigenvalue weighted by Gasteiger charge is 2.29. The monoisotopic (exact) mass is 556 g/mol. The van der Waals surface area contributed by atoms with Gasteiger partial charge in [-0.05, 0) is 73.6 Å². The molecule has 0 spiro atoms. The first-order valence-corrected chi connectivity index (χ1v) is 14.2. The summed E-state index contributed by atoms with van der Waals surface area (Å²) in [4.78, 5) is 8.06. The van der Waals surface area contributed by atoms with Crippen LogP contribution in [0.3, 0.4) is 0 Å². The molecular formula is C22H28Cl4N2O4S. The third kappa shape index (κ3) is 10.6. The molecule has 184 valence electrons. The lowest BCUT2D eigenvalue weighted by atomic mass is 10.00. The molecule has 2 aromatic heterocycles. The first-order valence-electron chi connectivity index (χ1n) is 10.5. The molecule has 2 saturated carbocycles.